The van der Waals surface area contributed by atoms with E-state index >= 15 is 0 Å². The molecule has 0 aromatic rings. The molecule has 1 amide bonds. The van der Waals surface area contributed by atoms with Gasteiger partial charge in [-0.3, -0.25) is 9.69 Å². The summed E-state index contributed by atoms with van der Waals surface area (Å²) in [4.78, 5) is 14.6. The van der Waals surface area contributed by atoms with Crippen LogP contribution in [0, 0.1) is 0 Å². The second-order valence-corrected chi connectivity index (χ2v) is 3.95. The maximum absolute atomic E-state index is 10.7. The van der Waals surface area contributed by atoms with Crippen LogP contribution >= 0.6 is 0 Å². The Kier molecular flexibility index (Phi) is 10.1. The standard InChI is InChI=1S/C5H10N2O.C5H12N2.C2H6/c6-4-7-3-1-2-5(7)8;6-5-7-3-1-2-4-7;1-2/h1-4,6H2;1-6H2;1-2H3. The average Bonchev–Trinajstić information content (AvgIpc) is 3.03. The van der Waals surface area contributed by atoms with Crippen molar-refractivity contribution in [2.75, 3.05) is 33.0 Å². The number of amides is 1. The zero-order valence-corrected chi connectivity index (χ0v) is 11.3. The number of hydrogen-bond acceptors (Lipinski definition) is 4. The van der Waals surface area contributed by atoms with E-state index in [0.717, 1.165) is 19.6 Å². The Morgan fingerprint density at radius 1 is 1.00 bits per heavy atom. The predicted molar refractivity (Wildman–Crippen MR) is 71.2 cm³/mol. The van der Waals surface area contributed by atoms with E-state index in [1.165, 1.54) is 25.9 Å². The molecule has 2 heterocycles. The summed E-state index contributed by atoms with van der Waals surface area (Å²) >= 11 is 0. The van der Waals surface area contributed by atoms with Crippen LogP contribution in [0.15, 0.2) is 0 Å². The van der Waals surface area contributed by atoms with Crippen molar-refractivity contribution in [3.05, 3.63) is 0 Å². The molecular weight excluding hydrogens is 216 g/mol. The third-order valence-electron chi connectivity index (χ3n) is 2.85. The highest BCUT2D eigenvalue weighted by Gasteiger charge is 2.17. The molecule has 5 nitrogen and oxygen atoms in total. The lowest BCUT2D eigenvalue weighted by Gasteiger charge is -2.09. The van der Waals surface area contributed by atoms with Gasteiger partial charge in [0.1, 0.15) is 0 Å². The largest absolute Gasteiger partial charge is 0.330 e. The molecule has 2 aliphatic heterocycles. The van der Waals surface area contributed by atoms with E-state index in [9.17, 15) is 4.79 Å². The van der Waals surface area contributed by atoms with Gasteiger partial charge in [0, 0.05) is 19.6 Å². The van der Waals surface area contributed by atoms with Gasteiger partial charge in [0.05, 0.1) is 6.67 Å². The Morgan fingerprint density at radius 2 is 1.59 bits per heavy atom. The SMILES string of the molecule is CC.NCN1CCCC1.NCN1CCCC1=O. The third-order valence-corrected chi connectivity index (χ3v) is 2.85. The number of nitrogens with zero attached hydrogens (tertiary/aromatic N) is 2. The number of rotatable bonds is 2. The molecule has 0 aromatic heterocycles. The van der Waals surface area contributed by atoms with Gasteiger partial charge in [-0.1, -0.05) is 13.8 Å². The van der Waals surface area contributed by atoms with Crippen LogP contribution in [-0.4, -0.2) is 48.7 Å². The minimum Gasteiger partial charge on any atom is -0.330 e. The lowest BCUT2D eigenvalue weighted by molar-refractivity contribution is -0.127. The smallest absolute Gasteiger partial charge is 0.223 e. The Labute approximate surface area is 105 Å². The van der Waals surface area contributed by atoms with Crippen molar-refractivity contribution in [2.45, 2.75) is 39.5 Å². The second-order valence-electron chi connectivity index (χ2n) is 3.95. The summed E-state index contributed by atoms with van der Waals surface area (Å²) in [6, 6.07) is 0. The average molecular weight is 244 g/mol. The predicted octanol–water partition coefficient (Wildman–Crippen LogP) is 0.550. The van der Waals surface area contributed by atoms with Crippen molar-refractivity contribution in [3.63, 3.8) is 0 Å². The Bertz CT molecular complexity index is 193. The van der Waals surface area contributed by atoms with Gasteiger partial charge in [-0.15, -0.1) is 0 Å². The molecule has 0 unspecified atom stereocenters. The highest BCUT2D eigenvalue weighted by molar-refractivity contribution is 5.77. The first-order valence-corrected chi connectivity index (χ1v) is 6.68. The quantitative estimate of drug-likeness (QED) is 0.744. The van der Waals surface area contributed by atoms with Crippen molar-refractivity contribution in [2.24, 2.45) is 11.5 Å². The van der Waals surface area contributed by atoms with Crippen molar-refractivity contribution < 1.29 is 4.79 Å². The molecule has 2 aliphatic rings. The summed E-state index contributed by atoms with van der Waals surface area (Å²) < 4.78 is 0. The van der Waals surface area contributed by atoms with Gasteiger partial charge in [-0.2, -0.15) is 0 Å². The van der Waals surface area contributed by atoms with Gasteiger partial charge >= 0.3 is 0 Å². The lowest BCUT2D eigenvalue weighted by atomic mass is 10.4. The van der Waals surface area contributed by atoms with Crippen molar-refractivity contribution in [1.82, 2.24) is 9.80 Å². The van der Waals surface area contributed by atoms with Crippen LogP contribution in [0.1, 0.15) is 39.5 Å². The molecule has 2 saturated heterocycles. The Morgan fingerprint density at radius 3 is 1.82 bits per heavy atom. The van der Waals surface area contributed by atoms with Gasteiger partial charge in [0.25, 0.3) is 0 Å². The number of hydrogen-bond donors (Lipinski definition) is 2. The van der Waals surface area contributed by atoms with Crippen LogP contribution in [0.3, 0.4) is 0 Å². The fourth-order valence-electron chi connectivity index (χ4n) is 1.86. The number of carbonyl (C=O) groups excluding carboxylic acids is 1. The van der Waals surface area contributed by atoms with E-state index in [-0.39, 0.29) is 5.91 Å². The zero-order valence-electron chi connectivity index (χ0n) is 11.3. The summed E-state index contributed by atoms with van der Waals surface area (Å²) in [7, 11) is 0. The molecule has 17 heavy (non-hydrogen) atoms. The van der Waals surface area contributed by atoms with E-state index < -0.39 is 0 Å². The fourth-order valence-corrected chi connectivity index (χ4v) is 1.86. The first kappa shape index (κ1) is 16.4. The van der Waals surface area contributed by atoms with Crippen LogP contribution in [0.5, 0.6) is 0 Å². The first-order valence-electron chi connectivity index (χ1n) is 6.68. The van der Waals surface area contributed by atoms with E-state index in [0.29, 0.717) is 13.1 Å². The molecule has 0 radical (unpaired) electrons. The molecular formula is C12H28N4O. The van der Waals surface area contributed by atoms with Crippen LogP contribution in [0.25, 0.3) is 0 Å². The summed E-state index contributed by atoms with van der Waals surface area (Å²) in [6.07, 6.45) is 4.36. The highest BCUT2D eigenvalue weighted by Crippen LogP contribution is 2.06. The normalized spacial score (nSPS) is 19.5. The molecule has 0 saturated carbocycles. The minimum atomic E-state index is 0.201. The van der Waals surface area contributed by atoms with Gasteiger partial charge in [-0.25, -0.2) is 0 Å². The van der Waals surface area contributed by atoms with Gasteiger partial charge in [0.15, 0.2) is 0 Å². The molecule has 0 bridgehead atoms. The van der Waals surface area contributed by atoms with E-state index in [1.807, 2.05) is 13.8 Å². The van der Waals surface area contributed by atoms with Gasteiger partial charge in [0.2, 0.25) is 5.91 Å². The molecule has 0 aromatic carbocycles. The van der Waals surface area contributed by atoms with Gasteiger partial charge in [-0.05, 0) is 32.4 Å². The molecule has 0 atom stereocenters. The molecule has 102 valence electrons. The summed E-state index contributed by atoms with van der Waals surface area (Å²) in [5, 5.41) is 0. The third kappa shape index (κ3) is 6.61. The van der Waals surface area contributed by atoms with Crippen LogP contribution < -0.4 is 11.5 Å². The molecule has 2 rings (SSSR count). The number of carbonyl (C=O) groups is 1. The number of likely N-dealkylation sites (tertiary alicyclic amines) is 2. The fraction of sp³-hybridized carbons (Fsp3) is 0.917. The highest BCUT2D eigenvalue weighted by atomic mass is 16.2. The molecule has 2 fully saturated rings. The van der Waals surface area contributed by atoms with Crippen LogP contribution in [0.4, 0.5) is 0 Å². The summed E-state index contributed by atoms with van der Waals surface area (Å²) in [5.74, 6) is 0.201. The maximum atomic E-state index is 10.7. The van der Waals surface area contributed by atoms with Crippen molar-refractivity contribution in [3.8, 4) is 0 Å². The maximum Gasteiger partial charge on any atom is 0.223 e. The summed E-state index contributed by atoms with van der Waals surface area (Å²) in [5.41, 5.74) is 10.6. The first-order chi connectivity index (χ1) is 8.27. The van der Waals surface area contributed by atoms with Crippen molar-refractivity contribution in [1.29, 1.82) is 0 Å². The zero-order chi connectivity index (χ0) is 13.1. The second kappa shape index (κ2) is 10.5. The van der Waals surface area contributed by atoms with Crippen LogP contribution in [0.2, 0.25) is 0 Å². The molecule has 5 heteroatoms. The van der Waals surface area contributed by atoms with E-state index in [4.69, 9.17) is 11.5 Å². The molecule has 4 N–H and O–H groups in total. The minimum absolute atomic E-state index is 0.201. The summed E-state index contributed by atoms with van der Waals surface area (Å²) in [6.45, 7) is 8.43. The molecule has 0 spiro atoms. The Hall–Kier alpha value is -0.650. The molecule has 0 aliphatic carbocycles. The van der Waals surface area contributed by atoms with Crippen LogP contribution in [-0.2, 0) is 4.79 Å². The van der Waals surface area contributed by atoms with Gasteiger partial charge < -0.3 is 16.4 Å². The Balaban J connectivity index is 0.000000265. The number of nitrogens with two attached hydrogens (primary N) is 2. The monoisotopic (exact) mass is 244 g/mol. The van der Waals surface area contributed by atoms with E-state index in [1.54, 1.807) is 4.90 Å². The topological polar surface area (TPSA) is 75.6 Å². The lowest BCUT2D eigenvalue weighted by Crippen LogP contribution is -2.30. The van der Waals surface area contributed by atoms with E-state index in [2.05, 4.69) is 4.90 Å². The van der Waals surface area contributed by atoms with Crippen molar-refractivity contribution >= 4 is 5.91 Å².